The SMILES string of the molecule is O=C(O)C1COCCN1C(=O)c1cccc(-c2ccoc2)c1. The minimum Gasteiger partial charge on any atom is -0.480 e. The van der Waals surface area contributed by atoms with Crippen LogP contribution in [0.1, 0.15) is 10.4 Å². The monoisotopic (exact) mass is 301 g/mol. The maximum absolute atomic E-state index is 12.6. The van der Waals surface area contributed by atoms with E-state index in [-0.39, 0.29) is 19.1 Å². The highest BCUT2D eigenvalue weighted by Crippen LogP contribution is 2.22. The first-order chi connectivity index (χ1) is 10.7. The van der Waals surface area contributed by atoms with Crippen LogP contribution in [0.15, 0.2) is 47.3 Å². The zero-order valence-corrected chi connectivity index (χ0v) is 11.8. The topological polar surface area (TPSA) is 80.0 Å². The molecule has 3 rings (SSSR count). The van der Waals surface area contributed by atoms with Crippen LogP contribution in [0.2, 0.25) is 0 Å². The van der Waals surface area contributed by atoms with E-state index in [2.05, 4.69) is 0 Å². The number of morpholine rings is 1. The number of carboxylic acids is 1. The highest BCUT2D eigenvalue weighted by Gasteiger charge is 2.33. The van der Waals surface area contributed by atoms with Crippen LogP contribution in [-0.4, -0.2) is 47.7 Å². The number of hydrogen-bond donors (Lipinski definition) is 1. The first kappa shape index (κ1) is 14.3. The molecule has 0 bridgehead atoms. The molecule has 1 aliphatic heterocycles. The predicted molar refractivity (Wildman–Crippen MR) is 77.4 cm³/mol. The molecule has 2 aromatic rings. The van der Waals surface area contributed by atoms with Gasteiger partial charge in [-0.25, -0.2) is 4.79 Å². The fraction of sp³-hybridized carbons (Fsp3) is 0.250. The summed E-state index contributed by atoms with van der Waals surface area (Å²) < 4.78 is 10.2. The molecule has 1 atom stereocenters. The number of aliphatic carboxylic acids is 1. The lowest BCUT2D eigenvalue weighted by atomic mass is 10.0. The summed E-state index contributed by atoms with van der Waals surface area (Å²) in [5.41, 5.74) is 2.16. The lowest BCUT2D eigenvalue weighted by Crippen LogP contribution is -2.52. The van der Waals surface area contributed by atoms with Crippen LogP contribution >= 0.6 is 0 Å². The minimum atomic E-state index is -1.06. The molecule has 1 aromatic heterocycles. The van der Waals surface area contributed by atoms with Crippen LogP contribution in [0.25, 0.3) is 11.1 Å². The van der Waals surface area contributed by atoms with Crippen molar-refractivity contribution in [1.29, 1.82) is 0 Å². The van der Waals surface area contributed by atoms with E-state index in [1.165, 1.54) is 4.90 Å². The van der Waals surface area contributed by atoms with Crippen LogP contribution < -0.4 is 0 Å². The van der Waals surface area contributed by atoms with Crippen LogP contribution in [-0.2, 0) is 9.53 Å². The number of rotatable bonds is 3. The van der Waals surface area contributed by atoms with E-state index < -0.39 is 12.0 Å². The summed E-state index contributed by atoms with van der Waals surface area (Å²) >= 11 is 0. The number of carboxylic acid groups (broad SMARTS) is 1. The van der Waals surface area contributed by atoms with Crippen molar-refractivity contribution in [1.82, 2.24) is 4.90 Å². The van der Waals surface area contributed by atoms with Gasteiger partial charge in [0.15, 0.2) is 6.04 Å². The summed E-state index contributed by atoms with van der Waals surface area (Å²) in [7, 11) is 0. The number of nitrogens with zero attached hydrogens (tertiary/aromatic N) is 1. The molecule has 22 heavy (non-hydrogen) atoms. The average molecular weight is 301 g/mol. The van der Waals surface area contributed by atoms with Gasteiger partial charge in [-0.2, -0.15) is 0 Å². The smallest absolute Gasteiger partial charge is 0.328 e. The van der Waals surface area contributed by atoms with E-state index in [0.29, 0.717) is 12.2 Å². The Morgan fingerprint density at radius 2 is 2.09 bits per heavy atom. The van der Waals surface area contributed by atoms with Gasteiger partial charge < -0.3 is 19.2 Å². The van der Waals surface area contributed by atoms with E-state index in [4.69, 9.17) is 9.15 Å². The van der Waals surface area contributed by atoms with Crippen molar-refractivity contribution in [2.75, 3.05) is 19.8 Å². The maximum atomic E-state index is 12.6. The summed E-state index contributed by atoms with van der Waals surface area (Å²) in [5, 5.41) is 9.22. The lowest BCUT2D eigenvalue weighted by molar-refractivity contribution is -0.147. The van der Waals surface area contributed by atoms with E-state index >= 15 is 0 Å². The lowest BCUT2D eigenvalue weighted by Gasteiger charge is -2.32. The van der Waals surface area contributed by atoms with Gasteiger partial charge in [-0.3, -0.25) is 4.79 Å². The molecule has 0 spiro atoms. The Balaban J connectivity index is 1.88. The molecule has 1 aromatic carbocycles. The number of furan rings is 1. The number of amides is 1. The molecule has 1 unspecified atom stereocenters. The Morgan fingerprint density at radius 3 is 2.82 bits per heavy atom. The van der Waals surface area contributed by atoms with Crippen LogP contribution in [0.5, 0.6) is 0 Å². The summed E-state index contributed by atoms with van der Waals surface area (Å²) in [6.45, 7) is 0.630. The molecule has 1 saturated heterocycles. The van der Waals surface area contributed by atoms with Gasteiger partial charge in [0.25, 0.3) is 5.91 Å². The molecule has 1 aliphatic rings. The summed E-state index contributed by atoms with van der Waals surface area (Å²) in [5.74, 6) is -1.36. The quantitative estimate of drug-likeness (QED) is 0.936. The first-order valence-electron chi connectivity index (χ1n) is 6.91. The first-order valence-corrected chi connectivity index (χ1v) is 6.91. The Morgan fingerprint density at radius 1 is 1.23 bits per heavy atom. The van der Waals surface area contributed by atoms with Crippen LogP contribution in [0, 0.1) is 0 Å². The van der Waals surface area contributed by atoms with Crippen molar-refractivity contribution < 1.29 is 23.8 Å². The van der Waals surface area contributed by atoms with E-state index in [1.54, 1.807) is 36.8 Å². The second kappa shape index (κ2) is 6.03. The Kier molecular flexibility index (Phi) is 3.93. The molecule has 1 fully saturated rings. The molecule has 0 saturated carbocycles. The van der Waals surface area contributed by atoms with Gasteiger partial charge >= 0.3 is 5.97 Å². The van der Waals surface area contributed by atoms with Crippen molar-refractivity contribution in [3.05, 3.63) is 48.4 Å². The third-order valence-corrected chi connectivity index (χ3v) is 3.64. The molecule has 114 valence electrons. The molecule has 1 N–H and O–H groups in total. The van der Waals surface area contributed by atoms with Crippen molar-refractivity contribution in [3.8, 4) is 11.1 Å². The number of carbonyl (C=O) groups is 2. The highest BCUT2D eigenvalue weighted by atomic mass is 16.5. The maximum Gasteiger partial charge on any atom is 0.328 e. The van der Waals surface area contributed by atoms with Gasteiger partial charge in [-0.1, -0.05) is 12.1 Å². The van der Waals surface area contributed by atoms with Gasteiger partial charge in [0.05, 0.1) is 25.7 Å². The average Bonchev–Trinajstić information content (AvgIpc) is 3.09. The molecule has 1 amide bonds. The minimum absolute atomic E-state index is 0.0164. The summed E-state index contributed by atoms with van der Waals surface area (Å²) in [6, 6.07) is 7.92. The zero-order chi connectivity index (χ0) is 15.5. The third-order valence-electron chi connectivity index (χ3n) is 3.64. The summed E-state index contributed by atoms with van der Waals surface area (Å²) in [4.78, 5) is 25.2. The number of ether oxygens (including phenoxy) is 1. The number of hydrogen-bond acceptors (Lipinski definition) is 4. The van der Waals surface area contributed by atoms with Gasteiger partial charge in [0, 0.05) is 17.7 Å². The molecular weight excluding hydrogens is 286 g/mol. The predicted octanol–water partition coefficient (Wildman–Crippen LogP) is 1.87. The van der Waals surface area contributed by atoms with Crippen molar-refractivity contribution >= 4 is 11.9 Å². The fourth-order valence-electron chi connectivity index (χ4n) is 2.48. The zero-order valence-electron chi connectivity index (χ0n) is 11.8. The van der Waals surface area contributed by atoms with Crippen molar-refractivity contribution in [2.45, 2.75) is 6.04 Å². The molecule has 6 nitrogen and oxygen atoms in total. The second-order valence-corrected chi connectivity index (χ2v) is 5.02. The van der Waals surface area contributed by atoms with Gasteiger partial charge in [-0.05, 0) is 23.8 Å². The Hall–Kier alpha value is -2.60. The van der Waals surface area contributed by atoms with E-state index in [0.717, 1.165) is 11.1 Å². The van der Waals surface area contributed by atoms with Crippen LogP contribution in [0.4, 0.5) is 0 Å². The second-order valence-electron chi connectivity index (χ2n) is 5.02. The van der Waals surface area contributed by atoms with Crippen molar-refractivity contribution in [2.24, 2.45) is 0 Å². The standard InChI is InChI=1S/C16H15NO5/c18-15(17-5-7-22-10-14(17)16(19)20)12-3-1-2-11(8-12)13-4-6-21-9-13/h1-4,6,8-9,14H,5,7,10H2,(H,19,20). The number of benzene rings is 1. The van der Waals surface area contributed by atoms with Crippen molar-refractivity contribution in [3.63, 3.8) is 0 Å². The molecule has 0 aliphatic carbocycles. The molecule has 0 radical (unpaired) electrons. The summed E-state index contributed by atoms with van der Waals surface area (Å²) in [6.07, 6.45) is 3.16. The largest absolute Gasteiger partial charge is 0.480 e. The molecule has 6 heteroatoms. The third kappa shape index (κ3) is 2.73. The molecular formula is C16H15NO5. The fourth-order valence-corrected chi connectivity index (χ4v) is 2.48. The highest BCUT2D eigenvalue weighted by molar-refractivity contribution is 5.97. The van der Waals surface area contributed by atoms with Crippen LogP contribution in [0.3, 0.4) is 0 Å². The van der Waals surface area contributed by atoms with E-state index in [9.17, 15) is 14.7 Å². The van der Waals surface area contributed by atoms with Gasteiger partial charge in [0.1, 0.15) is 0 Å². The van der Waals surface area contributed by atoms with E-state index in [1.807, 2.05) is 6.07 Å². The Labute approximate surface area is 126 Å². The Bertz CT molecular complexity index is 680. The normalized spacial score (nSPS) is 18.2. The molecule has 2 heterocycles. The number of carbonyl (C=O) groups excluding carboxylic acids is 1. The van der Waals surface area contributed by atoms with Gasteiger partial charge in [-0.15, -0.1) is 0 Å². The van der Waals surface area contributed by atoms with Gasteiger partial charge in [0.2, 0.25) is 0 Å².